The molecule has 3 aromatic rings. The number of nitrogens with zero attached hydrogens (tertiary/aromatic N) is 3. The fourth-order valence-corrected chi connectivity index (χ4v) is 2.57. The largest absolute Gasteiger partial charge is 0.319 e. The molecule has 0 unspecified atom stereocenters. The quantitative estimate of drug-likeness (QED) is 0.785. The van der Waals surface area contributed by atoms with Crippen molar-refractivity contribution in [3.63, 3.8) is 0 Å². The van der Waals surface area contributed by atoms with E-state index in [1.165, 1.54) is 0 Å². The zero-order chi connectivity index (χ0) is 14.8. The summed E-state index contributed by atoms with van der Waals surface area (Å²) in [5, 5.41) is 11.9. The molecule has 1 heterocycles. The number of hydrogen-bond acceptors (Lipinski definition) is 5. The van der Waals surface area contributed by atoms with Crippen LogP contribution in [0.1, 0.15) is 15.9 Å². The number of anilines is 1. The van der Waals surface area contributed by atoms with Gasteiger partial charge in [-0.05, 0) is 36.4 Å². The number of carbonyl (C=O) groups excluding carboxylic acids is 1. The van der Waals surface area contributed by atoms with Crippen molar-refractivity contribution in [1.82, 2.24) is 8.75 Å². The van der Waals surface area contributed by atoms with Crippen molar-refractivity contribution in [3.8, 4) is 6.07 Å². The summed E-state index contributed by atoms with van der Waals surface area (Å²) in [5.74, 6) is -0.318. The maximum absolute atomic E-state index is 12.2. The Morgan fingerprint density at radius 2 is 1.95 bits per heavy atom. The fourth-order valence-electron chi connectivity index (χ4n) is 1.83. The molecule has 1 amide bonds. The molecule has 0 spiro atoms. The van der Waals surface area contributed by atoms with Crippen molar-refractivity contribution >= 4 is 46.0 Å². The molecule has 102 valence electrons. The molecule has 0 saturated heterocycles. The van der Waals surface area contributed by atoms with Crippen molar-refractivity contribution in [2.75, 3.05) is 5.32 Å². The van der Waals surface area contributed by atoms with Crippen LogP contribution < -0.4 is 5.32 Å². The van der Waals surface area contributed by atoms with Crippen molar-refractivity contribution < 1.29 is 4.79 Å². The predicted octanol–water partition coefficient (Wildman–Crippen LogP) is 3.47. The van der Waals surface area contributed by atoms with E-state index in [9.17, 15) is 4.79 Å². The Balaban J connectivity index is 1.94. The van der Waals surface area contributed by atoms with Gasteiger partial charge in [-0.2, -0.15) is 14.0 Å². The van der Waals surface area contributed by atoms with Crippen LogP contribution in [-0.2, 0) is 0 Å². The summed E-state index contributed by atoms with van der Waals surface area (Å²) in [6, 6.07) is 11.8. The Morgan fingerprint density at radius 3 is 2.67 bits per heavy atom. The van der Waals surface area contributed by atoms with Gasteiger partial charge in [0, 0.05) is 5.56 Å². The van der Waals surface area contributed by atoms with Gasteiger partial charge >= 0.3 is 0 Å². The number of amides is 1. The highest BCUT2D eigenvalue weighted by Crippen LogP contribution is 2.30. The first-order valence-electron chi connectivity index (χ1n) is 5.91. The minimum absolute atomic E-state index is 0.318. The van der Waals surface area contributed by atoms with E-state index in [2.05, 4.69) is 14.1 Å². The van der Waals surface area contributed by atoms with Gasteiger partial charge in [-0.15, -0.1) is 0 Å². The lowest BCUT2D eigenvalue weighted by Gasteiger charge is -2.07. The topological polar surface area (TPSA) is 78.7 Å². The number of benzene rings is 2. The Bertz CT molecular complexity index is 867. The van der Waals surface area contributed by atoms with Crippen LogP contribution in [0.25, 0.3) is 11.0 Å². The van der Waals surface area contributed by atoms with Crippen LogP contribution in [0.5, 0.6) is 0 Å². The van der Waals surface area contributed by atoms with Crippen molar-refractivity contribution in [2.45, 2.75) is 0 Å². The lowest BCUT2D eigenvalue weighted by Crippen LogP contribution is -2.12. The molecule has 21 heavy (non-hydrogen) atoms. The van der Waals surface area contributed by atoms with E-state index in [4.69, 9.17) is 16.9 Å². The second-order valence-corrected chi connectivity index (χ2v) is 5.13. The van der Waals surface area contributed by atoms with Crippen LogP contribution in [0.2, 0.25) is 5.02 Å². The molecule has 0 bridgehead atoms. The van der Waals surface area contributed by atoms with Gasteiger partial charge in [0.15, 0.2) is 0 Å². The van der Waals surface area contributed by atoms with Crippen LogP contribution in [-0.4, -0.2) is 14.7 Å². The normalized spacial score (nSPS) is 10.3. The van der Waals surface area contributed by atoms with Gasteiger partial charge < -0.3 is 5.32 Å². The Hall–Kier alpha value is -2.49. The number of aromatic nitrogens is 2. The molecule has 0 saturated carbocycles. The summed E-state index contributed by atoms with van der Waals surface area (Å²) in [4.78, 5) is 12.2. The van der Waals surface area contributed by atoms with E-state index in [1.54, 1.807) is 36.4 Å². The zero-order valence-corrected chi connectivity index (χ0v) is 12.1. The molecule has 0 aliphatic heterocycles. The molecule has 0 aliphatic carbocycles. The van der Waals surface area contributed by atoms with Gasteiger partial charge in [0.25, 0.3) is 5.91 Å². The number of carbonyl (C=O) groups is 1. The Labute approximate surface area is 129 Å². The van der Waals surface area contributed by atoms with E-state index in [-0.39, 0.29) is 5.91 Å². The average Bonchev–Trinajstić information content (AvgIpc) is 2.99. The minimum atomic E-state index is -0.318. The van der Waals surface area contributed by atoms with Gasteiger partial charge in [-0.3, -0.25) is 4.79 Å². The third-order valence-corrected chi connectivity index (χ3v) is 3.75. The first-order chi connectivity index (χ1) is 10.2. The fraction of sp³-hybridized carbons (Fsp3) is 0. The summed E-state index contributed by atoms with van der Waals surface area (Å²) in [7, 11) is 0. The summed E-state index contributed by atoms with van der Waals surface area (Å²) < 4.78 is 8.25. The van der Waals surface area contributed by atoms with Crippen molar-refractivity contribution in [2.24, 2.45) is 0 Å². The number of nitrogens with one attached hydrogen (secondary N) is 1. The Morgan fingerprint density at radius 1 is 1.19 bits per heavy atom. The maximum atomic E-state index is 12.2. The first-order valence-corrected chi connectivity index (χ1v) is 7.02. The molecule has 0 fully saturated rings. The van der Waals surface area contributed by atoms with Gasteiger partial charge in [0.1, 0.15) is 11.0 Å². The first kappa shape index (κ1) is 13.5. The second-order valence-electron chi connectivity index (χ2n) is 4.20. The minimum Gasteiger partial charge on any atom is -0.319 e. The zero-order valence-electron chi connectivity index (χ0n) is 10.5. The van der Waals surface area contributed by atoms with Crippen molar-refractivity contribution in [1.29, 1.82) is 5.26 Å². The van der Waals surface area contributed by atoms with E-state index < -0.39 is 0 Å². The number of halogens is 1. The molecule has 0 radical (unpaired) electrons. The third kappa shape index (κ3) is 2.57. The molecule has 7 heteroatoms. The molecule has 0 aliphatic rings. The number of fused-ring (bicyclic) bond motifs is 1. The molecule has 1 N–H and O–H groups in total. The summed E-state index contributed by atoms with van der Waals surface area (Å²) >= 11 is 7.18. The molecule has 5 nitrogen and oxygen atoms in total. The van der Waals surface area contributed by atoms with Gasteiger partial charge in [-0.1, -0.05) is 11.6 Å². The van der Waals surface area contributed by atoms with E-state index in [1.807, 2.05) is 6.07 Å². The second kappa shape index (κ2) is 5.48. The smallest absolute Gasteiger partial charge is 0.255 e. The third-order valence-electron chi connectivity index (χ3n) is 2.89. The van der Waals surface area contributed by atoms with Crippen LogP contribution in [0, 0.1) is 11.3 Å². The monoisotopic (exact) mass is 314 g/mol. The highest BCUT2D eigenvalue weighted by molar-refractivity contribution is 7.00. The van der Waals surface area contributed by atoms with E-state index >= 15 is 0 Å². The molecule has 0 atom stereocenters. The van der Waals surface area contributed by atoms with Gasteiger partial charge in [0.2, 0.25) is 0 Å². The highest BCUT2D eigenvalue weighted by Gasteiger charge is 2.14. The summed E-state index contributed by atoms with van der Waals surface area (Å²) in [6.07, 6.45) is 0. The van der Waals surface area contributed by atoms with Crippen molar-refractivity contribution in [3.05, 3.63) is 52.5 Å². The standard InChI is InChI=1S/C14H7ClN4OS/c15-10-5-6-11-13(19-21-18-11)12(10)17-14(20)9-3-1-8(7-16)2-4-9/h1-6H,(H,17,20). The molecular formula is C14H7ClN4OS. The molecule has 1 aromatic heterocycles. The molecular weight excluding hydrogens is 308 g/mol. The SMILES string of the molecule is N#Cc1ccc(C(=O)Nc2c(Cl)ccc3nsnc23)cc1. The van der Waals surface area contributed by atoms with Crippen LogP contribution in [0.15, 0.2) is 36.4 Å². The number of rotatable bonds is 2. The van der Waals surface area contributed by atoms with Gasteiger partial charge in [-0.25, -0.2) is 0 Å². The average molecular weight is 315 g/mol. The van der Waals surface area contributed by atoms with E-state index in [0.29, 0.717) is 32.9 Å². The van der Waals surface area contributed by atoms with Crippen LogP contribution >= 0.6 is 23.3 Å². The maximum Gasteiger partial charge on any atom is 0.255 e. The summed E-state index contributed by atoms with van der Waals surface area (Å²) in [5.41, 5.74) is 2.62. The highest BCUT2D eigenvalue weighted by atomic mass is 35.5. The molecule has 3 rings (SSSR count). The summed E-state index contributed by atoms with van der Waals surface area (Å²) in [6.45, 7) is 0. The molecule has 2 aromatic carbocycles. The van der Waals surface area contributed by atoms with Gasteiger partial charge in [0.05, 0.1) is 34.1 Å². The Kier molecular flexibility index (Phi) is 3.52. The van der Waals surface area contributed by atoms with Crippen LogP contribution in [0.3, 0.4) is 0 Å². The number of hydrogen-bond donors (Lipinski definition) is 1. The lowest BCUT2D eigenvalue weighted by atomic mass is 10.1. The van der Waals surface area contributed by atoms with E-state index in [0.717, 1.165) is 11.7 Å². The predicted molar refractivity (Wildman–Crippen MR) is 81.5 cm³/mol. The lowest BCUT2D eigenvalue weighted by molar-refractivity contribution is 0.102. The van der Waals surface area contributed by atoms with Crippen LogP contribution in [0.4, 0.5) is 5.69 Å². The number of nitriles is 1.